The average Bonchev–Trinajstić information content (AvgIpc) is 3.01. The van der Waals surface area contributed by atoms with Crippen molar-refractivity contribution in [1.82, 2.24) is 9.97 Å². The van der Waals surface area contributed by atoms with Gasteiger partial charge in [0.05, 0.1) is 6.20 Å². The number of rotatable bonds is 2. The van der Waals surface area contributed by atoms with E-state index in [0.29, 0.717) is 5.89 Å². The summed E-state index contributed by atoms with van der Waals surface area (Å²) in [6, 6.07) is 10.00. The van der Waals surface area contributed by atoms with E-state index in [1.807, 2.05) is 30.3 Å². The maximum Gasteiger partial charge on any atom is 0.238 e. The quantitative estimate of drug-likeness (QED) is 0.674. The van der Waals surface area contributed by atoms with Crippen LogP contribution in [0.2, 0.25) is 0 Å². The van der Waals surface area contributed by atoms with Crippen LogP contribution in [0.25, 0.3) is 21.3 Å². The summed E-state index contributed by atoms with van der Waals surface area (Å²) in [6.07, 6.45) is 6.08. The number of oxazole rings is 1. The van der Waals surface area contributed by atoms with Gasteiger partial charge in [0, 0.05) is 5.56 Å². The van der Waals surface area contributed by atoms with Gasteiger partial charge in [-0.05, 0) is 0 Å². The first-order valence-electron chi connectivity index (χ1n) is 4.77. The SMILES string of the molecule is [c]1nc(-c2ccccc2)sc1-c1ncco1. The molecule has 2 aromatic heterocycles. The Morgan fingerprint density at radius 3 is 2.81 bits per heavy atom. The van der Waals surface area contributed by atoms with Crippen LogP contribution >= 0.6 is 11.3 Å². The van der Waals surface area contributed by atoms with Gasteiger partial charge in [0.2, 0.25) is 5.89 Å². The van der Waals surface area contributed by atoms with Gasteiger partial charge in [-0.15, -0.1) is 11.3 Å². The second-order valence-corrected chi connectivity index (χ2v) is 4.16. The standard InChI is InChI=1S/C12H7N2OS/c1-2-4-9(5-3-1)12-14-8-10(16-12)11-13-6-7-15-11/h1-7H. The summed E-state index contributed by atoms with van der Waals surface area (Å²) in [6.45, 7) is 0. The highest BCUT2D eigenvalue weighted by atomic mass is 32.1. The molecule has 0 amide bonds. The lowest BCUT2D eigenvalue weighted by Gasteiger charge is -1.92. The zero-order valence-electron chi connectivity index (χ0n) is 8.25. The Balaban J connectivity index is 2.00. The Kier molecular flexibility index (Phi) is 2.27. The van der Waals surface area contributed by atoms with Crippen molar-refractivity contribution >= 4 is 11.3 Å². The van der Waals surface area contributed by atoms with E-state index in [1.165, 1.54) is 11.3 Å². The fourth-order valence-electron chi connectivity index (χ4n) is 1.38. The molecule has 77 valence electrons. The third-order valence-corrected chi connectivity index (χ3v) is 3.10. The first-order chi connectivity index (χ1) is 7.93. The van der Waals surface area contributed by atoms with Gasteiger partial charge in [0.15, 0.2) is 0 Å². The Hall–Kier alpha value is -1.94. The number of benzene rings is 1. The molecule has 3 aromatic rings. The lowest BCUT2D eigenvalue weighted by atomic mass is 10.2. The second-order valence-electron chi connectivity index (χ2n) is 3.16. The molecular formula is C12H7N2OS. The van der Waals surface area contributed by atoms with Gasteiger partial charge < -0.3 is 4.42 Å². The highest BCUT2D eigenvalue weighted by Gasteiger charge is 2.09. The van der Waals surface area contributed by atoms with Crippen molar-refractivity contribution in [2.75, 3.05) is 0 Å². The van der Waals surface area contributed by atoms with E-state index in [2.05, 4.69) is 16.2 Å². The van der Waals surface area contributed by atoms with Crippen molar-refractivity contribution in [3.63, 3.8) is 0 Å². The molecule has 0 unspecified atom stereocenters. The monoisotopic (exact) mass is 227 g/mol. The van der Waals surface area contributed by atoms with E-state index in [0.717, 1.165) is 15.4 Å². The van der Waals surface area contributed by atoms with Gasteiger partial charge in [0.1, 0.15) is 22.3 Å². The number of hydrogen-bond acceptors (Lipinski definition) is 4. The normalized spacial score (nSPS) is 10.5. The van der Waals surface area contributed by atoms with Crippen molar-refractivity contribution in [3.8, 4) is 21.3 Å². The van der Waals surface area contributed by atoms with Crippen molar-refractivity contribution in [2.24, 2.45) is 0 Å². The van der Waals surface area contributed by atoms with Crippen LogP contribution < -0.4 is 0 Å². The van der Waals surface area contributed by atoms with Gasteiger partial charge in [-0.3, -0.25) is 0 Å². The predicted molar refractivity (Wildman–Crippen MR) is 61.9 cm³/mol. The van der Waals surface area contributed by atoms with Crippen molar-refractivity contribution in [1.29, 1.82) is 0 Å². The minimum atomic E-state index is 0.569. The summed E-state index contributed by atoms with van der Waals surface area (Å²) < 4.78 is 5.20. The zero-order chi connectivity index (χ0) is 10.8. The Bertz CT molecular complexity index is 572. The minimum Gasteiger partial charge on any atom is -0.444 e. The molecule has 0 atom stereocenters. The lowest BCUT2D eigenvalue weighted by molar-refractivity contribution is 0.576. The molecule has 3 nitrogen and oxygen atoms in total. The molecule has 0 saturated carbocycles. The number of hydrogen-bond donors (Lipinski definition) is 0. The molecule has 1 aromatic carbocycles. The van der Waals surface area contributed by atoms with Crippen molar-refractivity contribution in [3.05, 3.63) is 49.0 Å². The summed E-state index contributed by atoms with van der Waals surface area (Å²) >= 11 is 1.52. The third-order valence-electron chi connectivity index (χ3n) is 2.11. The first kappa shape index (κ1) is 9.30. The summed E-state index contributed by atoms with van der Waals surface area (Å²) in [4.78, 5) is 9.12. The smallest absolute Gasteiger partial charge is 0.238 e. The minimum absolute atomic E-state index is 0.569. The van der Waals surface area contributed by atoms with Crippen molar-refractivity contribution < 1.29 is 4.42 Å². The second kappa shape index (κ2) is 3.90. The highest BCUT2D eigenvalue weighted by Crippen LogP contribution is 2.30. The van der Waals surface area contributed by atoms with E-state index in [-0.39, 0.29) is 0 Å². The molecule has 0 bridgehead atoms. The predicted octanol–water partition coefficient (Wildman–Crippen LogP) is 3.27. The largest absolute Gasteiger partial charge is 0.444 e. The van der Waals surface area contributed by atoms with Crippen LogP contribution in [0.1, 0.15) is 0 Å². The van der Waals surface area contributed by atoms with Crippen LogP contribution in [-0.4, -0.2) is 9.97 Å². The molecule has 0 aliphatic rings. The average molecular weight is 227 g/mol. The topological polar surface area (TPSA) is 38.9 Å². The van der Waals surface area contributed by atoms with Gasteiger partial charge in [-0.25, -0.2) is 9.97 Å². The van der Waals surface area contributed by atoms with Crippen LogP contribution in [0.3, 0.4) is 0 Å². The summed E-state index contributed by atoms with van der Waals surface area (Å²) in [5.41, 5.74) is 1.08. The summed E-state index contributed by atoms with van der Waals surface area (Å²) in [5, 5.41) is 0.925. The van der Waals surface area contributed by atoms with Crippen molar-refractivity contribution in [2.45, 2.75) is 0 Å². The van der Waals surface area contributed by atoms with Crippen LogP contribution in [0.4, 0.5) is 0 Å². The van der Waals surface area contributed by atoms with Crippen LogP contribution in [0.5, 0.6) is 0 Å². The number of aromatic nitrogens is 2. The number of thiazole rings is 1. The fraction of sp³-hybridized carbons (Fsp3) is 0. The van der Waals surface area contributed by atoms with Gasteiger partial charge in [-0.1, -0.05) is 30.3 Å². The van der Waals surface area contributed by atoms with Gasteiger partial charge in [-0.2, -0.15) is 0 Å². The van der Waals surface area contributed by atoms with Crippen LogP contribution in [0, 0.1) is 6.20 Å². The summed E-state index contributed by atoms with van der Waals surface area (Å²) in [7, 11) is 0. The zero-order valence-corrected chi connectivity index (χ0v) is 9.07. The fourth-order valence-corrected chi connectivity index (χ4v) is 2.19. The molecule has 1 radical (unpaired) electrons. The maximum atomic E-state index is 5.20. The number of nitrogens with zero attached hydrogens (tertiary/aromatic N) is 2. The Morgan fingerprint density at radius 2 is 2.06 bits per heavy atom. The van der Waals surface area contributed by atoms with Crippen LogP contribution in [0.15, 0.2) is 47.2 Å². The molecule has 0 spiro atoms. The van der Waals surface area contributed by atoms with E-state index in [1.54, 1.807) is 12.5 Å². The molecule has 4 heteroatoms. The molecule has 0 aliphatic carbocycles. The first-order valence-corrected chi connectivity index (χ1v) is 5.59. The van der Waals surface area contributed by atoms with E-state index in [9.17, 15) is 0 Å². The van der Waals surface area contributed by atoms with Crippen LogP contribution in [-0.2, 0) is 0 Å². The van der Waals surface area contributed by atoms with Gasteiger partial charge in [0.25, 0.3) is 0 Å². The Morgan fingerprint density at radius 1 is 1.19 bits per heavy atom. The molecule has 0 fully saturated rings. The van der Waals surface area contributed by atoms with Gasteiger partial charge >= 0.3 is 0 Å². The molecular weight excluding hydrogens is 220 g/mol. The lowest BCUT2D eigenvalue weighted by Crippen LogP contribution is -1.71. The molecule has 0 N–H and O–H groups in total. The molecule has 0 aliphatic heterocycles. The highest BCUT2D eigenvalue weighted by molar-refractivity contribution is 7.18. The Labute approximate surface area is 96.4 Å². The maximum absolute atomic E-state index is 5.20. The molecule has 3 rings (SSSR count). The molecule has 2 heterocycles. The van der Waals surface area contributed by atoms with E-state index >= 15 is 0 Å². The molecule has 0 saturated heterocycles. The van der Waals surface area contributed by atoms with E-state index in [4.69, 9.17) is 4.42 Å². The molecule has 16 heavy (non-hydrogen) atoms. The summed E-state index contributed by atoms with van der Waals surface area (Å²) in [5.74, 6) is 0.569. The van der Waals surface area contributed by atoms with E-state index < -0.39 is 0 Å². The third kappa shape index (κ3) is 1.63.